The molecule has 2 amide bonds. The quantitative estimate of drug-likeness (QED) is 0.512. The second kappa shape index (κ2) is 9.21. The number of methoxy groups -OCH3 is 1. The lowest BCUT2D eigenvalue weighted by molar-refractivity contribution is -0.137. The molecule has 1 aliphatic carbocycles. The Hall–Kier alpha value is -3.81. The standard InChI is InChI=1S/C26H23F3N2O3/c1-15-3-10-22(16-4-7-19(8-5-16)26(27,28)29)23(11-15)24(32)30-20-9-6-17-12-21(14-18(17)13-20)31-25(33)34-2/h3-11,13,21H,12,14H2,1-2H3,(H,30,32)(H,31,33)/t21-/m1/s1. The zero-order chi connectivity index (χ0) is 24.5. The van der Waals surface area contributed by atoms with Gasteiger partial charge >= 0.3 is 12.3 Å². The molecule has 0 radical (unpaired) electrons. The number of ether oxygens (including phenoxy) is 1. The summed E-state index contributed by atoms with van der Waals surface area (Å²) in [5, 5.41) is 5.68. The summed E-state index contributed by atoms with van der Waals surface area (Å²) >= 11 is 0. The molecule has 4 rings (SSSR count). The highest BCUT2D eigenvalue weighted by Gasteiger charge is 2.30. The molecule has 0 fully saturated rings. The largest absolute Gasteiger partial charge is 0.453 e. The lowest BCUT2D eigenvalue weighted by atomic mass is 9.96. The first-order chi connectivity index (χ1) is 16.1. The van der Waals surface area contributed by atoms with Gasteiger partial charge in [-0.1, -0.05) is 35.9 Å². The van der Waals surface area contributed by atoms with Gasteiger partial charge < -0.3 is 15.4 Å². The highest BCUT2D eigenvalue weighted by atomic mass is 19.4. The van der Waals surface area contributed by atoms with E-state index in [-0.39, 0.29) is 11.9 Å². The molecule has 34 heavy (non-hydrogen) atoms. The van der Waals surface area contributed by atoms with Gasteiger partial charge in [0.05, 0.1) is 12.7 Å². The van der Waals surface area contributed by atoms with Crippen molar-refractivity contribution >= 4 is 17.7 Å². The van der Waals surface area contributed by atoms with Crippen molar-refractivity contribution in [3.63, 3.8) is 0 Å². The van der Waals surface area contributed by atoms with E-state index in [1.807, 2.05) is 25.1 Å². The molecule has 0 saturated carbocycles. The average Bonchev–Trinajstić information content (AvgIpc) is 3.19. The highest BCUT2D eigenvalue weighted by Crippen LogP contribution is 2.33. The number of carbonyl (C=O) groups is 2. The summed E-state index contributed by atoms with van der Waals surface area (Å²) in [4.78, 5) is 24.7. The van der Waals surface area contributed by atoms with Crippen molar-refractivity contribution in [1.82, 2.24) is 5.32 Å². The molecule has 2 N–H and O–H groups in total. The molecule has 0 saturated heterocycles. The van der Waals surface area contributed by atoms with Crippen LogP contribution >= 0.6 is 0 Å². The Balaban J connectivity index is 1.55. The van der Waals surface area contributed by atoms with E-state index in [0.717, 1.165) is 28.8 Å². The van der Waals surface area contributed by atoms with E-state index in [9.17, 15) is 22.8 Å². The number of anilines is 1. The van der Waals surface area contributed by atoms with Crippen molar-refractivity contribution in [3.8, 4) is 11.1 Å². The number of hydrogen-bond donors (Lipinski definition) is 2. The number of alkyl carbamates (subject to hydrolysis) is 1. The second-order valence-electron chi connectivity index (χ2n) is 8.30. The summed E-state index contributed by atoms with van der Waals surface area (Å²) in [5.74, 6) is -0.360. The van der Waals surface area contributed by atoms with Crippen LogP contribution in [0, 0.1) is 6.92 Å². The number of rotatable bonds is 4. The van der Waals surface area contributed by atoms with Crippen LogP contribution in [0.15, 0.2) is 60.7 Å². The van der Waals surface area contributed by atoms with Crippen LogP contribution in [0.1, 0.15) is 32.6 Å². The Labute approximate surface area is 194 Å². The van der Waals surface area contributed by atoms with E-state index in [4.69, 9.17) is 0 Å². The van der Waals surface area contributed by atoms with E-state index < -0.39 is 17.8 Å². The number of nitrogens with one attached hydrogen (secondary N) is 2. The maximum absolute atomic E-state index is 13.2. The summed E-state index contributed by atoms with van der Waals surface area (Å²) < 4.78 is 43.5. The molecule has 0 aromatic heterocycles. The molecule has 1 aliphatic rings. The number of halogens is 3. The minimum atomic E-state index is -4.43. The van der Waals surface area contributed by atoms with Crippen LogP contribution in [0.3, 0.4) is 0 Å². The summed E-state index contributed by atoms with van der Waals surface area (Å²) in [5.41, 5.74) is 4.24. The normalized spacial score (nSPS) is 14.9. The Morgan fingerprint density at radius 2 is 1.65 bits per heavy atom. The number of alkyl halides is 3. The summed E-state index contributed by atoms with van der Waals surface area (Å²) in [6.45, 7) is 1.84. The smallest absolute Gasteiger partial charge is 0.416 e. The molecule has 176 valence electrons. The minimum absolute atomic E-state index is 0.0727. The highest BCUT2D eigenvalue weighted by molar-refractivity contribution is 6.09. The fourth-order valence-corrected chi connectivity index (χ4v) is 4.16. The van der Waals surface area contributed by atoms with Gasteiger partial charge in [0.15, 0.2) is 0 Å². The lowest BCUT2D eigenvalue weighted by Gasteiger charge is -2.13. The third-order valence-electron chi connectivity index (χ3n) is 5.85. The third-order valence-corrected chi connectivity index (χ3v) is 5.85. The van der Waals surface area contributed by atoms with E-state index in [2.05, 4.69) is 15.4 Å². The molecule has 0 heterocycles. The number of fused-ring (bicyclic) bond motifs is 1. The maximum atomic E-state index is 13.2. The predicted molar refractivity (Wildman–Crippen MR) is 123 cm³/mol. The monoisotopic (exact) mass is 468 g/mol. The van der Waals surface area contributed by atoms with Crippen molar-refractivity contribution in [2.45, 2.75) is 32.0 Å². The van der Waals surface area contributed by atoms with E-state index >= 15 is 0 Å². The van der Waals surface area contributed by atoms with Crippen LogP contribution in [0.25, 0.3) is 11.1 Å². The second-order valence-corrected chi connectivity index (χ2v) is 8.30. The molecule has 0 spiro atoms. The molecule has 0 unspecified atom stereocenters. The Bertz CT molecular complexity index is 1240. The van der Waals surface area contributed by atoms with E-state index in [1.54, 1.807) is 18.2 Å². The van der Waals surface area contributed by atoms with Gasteiger partial charge in [0.25, 0.3) is 5.91 Å². The van der Waals surface area contributed by atoms with Gasteiger partial charge in [0, 0.05) is 17.3 Å². The SMILES string of the molecule is COC(=O)N[C@@H]1Cc2ccc(NC(=O)c3cc(C)ccc3-c3ccc(C(F)(F)F)cc3)cc2C1. The van der Waals surface area contributed by atoms with Crippen molar-refractivity contribution in [1.29, 1.82) is 0 Å². The van der Waals surface area contributed by atoms with Crippen LogP contribution in [0.2, 0.25) is 0 Å². The van der Waals surface area contributed by atoms with Crippen molar-refractivity contribution in [2.24, 2.45) is 0 Å². The van der Waals surface area contributed by atoms with Crippen LogP contribution in [-0.4, -0.2) is 25.2 Å². The lowest BCUT2D eigenvalue weighted by Crippen LogP contribution is -2.35. The number of aryl methyl sites for hydroxylation is 1. The summed E-state index contributed by atoms with van der Waals surface area (Å²) in [6, 6.07) is 15.5. The van der Waals surface area contributed by atoms with Crippen molar-refractivity contribution in [2.75, 3.05) is 12.4 Å². The predicted octanol–water partition coefficient (Wildman–Crippen LogP) is 5.76. The Kier molecular flexibility index (Phi) is 6.32. The van der Waals surface area contributed by atoms with Gasteiger partial charge in [-0.3, -0.25) is 4.79 Å². The number of carbonyl (C=O) groups excluding carboxylic acids is 2. The van der Waals surface area contributed by atoms with Crippen molar-refractivity contribution in [3.05, 3.63) is 88.5 Å². The zero-order valence-corrected chi connectivity index (χ0v) is 18.6. The number of hydrogen-bond acceptors (Lipinski definition) is 3. The van der Waals surface area contributed by atoms with E-state index in [0.29, 0.717) is 35.2 Å². The third kappa shape index (κ3) is 5.06. The number of amides is 2. The summed E-state index contributed by atoms with van der Waals surface area (Å²) in [6.07, 6.45) is -3.61. The van der Waals surface area contributed by atoms with Gasteiger partial charge in [-0.05, 0) is 72.4 Å². The fourth-order valence-electron chi connectivity index (χ4n) is 4.16. The molecule has 0 aliphatic heterocycles. The van der Waals surface area contributed by atoms with Gasteiger partial charge in [-0.2, -0.15) is 13.2 Å². The molecular formula is C26H23F3N2O3. The van der Waals surface area contributed by atoms with E-state index in [1.165, 1.54) is 19.2 Å². The van der Waals surface area contributed by atoms with Gasteiger partial charge in [-0.15, -0.1) is 0 Å². The summed E-state index contributed by atoms with van der Waals surface area (Å²) in [7, 11) is 1.31. The zero-order valence-electron chi connectivity index (χ0n) is 18.6. The van der Waals surface area contributed by atoms with Crippen LogP contribution in [-0.2, 0) is 23.8 Å². The van der Waals surface area contributed by atoms with Gasteiger partial charge in [0.2, 0.25) is 0 Å². The molecular weight excluding hydrogens is 445 g/mol. The minimum Gasteiger partial charge on any atom is -0.453 e. The number of benzene rings is 3. The molecule has 5 nitrogen and oxygen atoms in total. The Morgan fingerprint density at radius 3 is 2.32 bits per heavy atom. The first-order valence-corrected chi connectivity index (χ1v) is 10.7. The van der Waals surface area contributed by atoms with Crippen LogP contribution in [0.5, 0.6) is 0 Å². The molecule has 3 aromatic carbocycles. The van der Waals surface area contributed by atoms with Crippen molar-refractivity contribution < 1.29 is 27.5 Å². The first-order valence-electron chi connectivity index (χ1n) is 10.7. The van der Waals surface area contributed by atoms with Crippen LogP contribution < -0.4 is 10.6 Å². The fraction of sp³-hybridized carbons (Fsp3) is 0.231. The van der Waals surface area contributed by atoms with Gasteiger partial charge in [0.1, 0.15) is 0 Å². The first kappa shape index (κ1) is 23.4. The molecule has 8 heteroatoms. The van der Waals surface area contributed by atoms with Crippen LogP contribution in [0.4, 0.5) is 23.7 Å². The average molecular weight is 468 g/mol. The topological polar surface area (TPSA) is 67.4 Å². The molecule has 3 aromatic rings. The maximum Gasteiger partial charge on any atom is 0.416 e. The molecule has 0 bridgehead atoms. The molecule has 1 atom stereocenters. The van der Waals surface area contributed by atoms with Gasteiger partial charge in [-0.25, -0.2) is 4.79 Å². The Morgan fingerprint density at radius 1 is 0.941 bits per heavy atom.